The first-order chi connectivity index (χ1) is 37.6. The van der Waals surface area contributed by atoms with Gasteiger partial charge in [-0.3, -0.25) is 0 Å². The minimum atomic E-state index is -4.45. The molecule has 0 atom stereocenters. The summed E-state index contributed by atoms with van der Waals surface area (Å²) >= 11 is 0. The van der Waals surface area contributed by atoms with Gasteiger partial charge in [-0.25, -0.2) is 4.79 Å². The molecular weight excluding hydrogens is 1050 g/mol. The van der Waals surface area contributed by atoms with Crippen molar-refractivity contribution >= 4 is 104 Å². The first-order valence-corrected chi connectivity index (χ1v) is 39.0. The number of esters is 1. The molecule has 0 spiro atoms. The van der Waals surface area contributed by atoms with Gasteiger partial charge in [0.1, 0.15) is 9.76 Å². The van der Waals surface area contributed by atoms with Gasteiger partial charge in [-0.1, -0.05) is 280 Å². The van der Waals surface area contributed by atoms with E-state index in [1.807, 2.05) is 0 Å². The van der Waals surface area contributed by atoms with Crippen LogP contribution >= 0.6 is 0 Å². The summed E-state index contributed by atoms with van der Waals surface area (Å²) in [7, 11) is -19.2. The molecule has 0 aliphatic heterocycles. The van der Waals surface area contributed by atoms with Crippen LogP contribution < -0.4 is 46.7 Å². The minimum absolute atomic E-state index is 0.344. The Morgan fingerprint density at radius 3 is 0.844 bits per heavy atom. The Hall–Kier alpha value is -6.67. The zero-order valence-electron chi connectivity index (χ0n) is 44.4. The zero-order valence-corrected chi connectivity index (χ0v) is 50.8. The Morgan fingerprint density at radius 2 is 0.623 bits per heavy atom. The molecule has 0 saturated carbocycles. The lowest BCUT2D eigenvalue weighted by atomic mass is 10.3. The number of hydrogen-bond acceptors (Lipinski definition) is 6. The minimum Gasteiger partial charge on any atom is -0.462 e. The van der Waals surface area contributed by atoms with Gasteiger partial charge in [0, 0.05) is 11.6 Å². The fourth-order valence-electron chi connectivity index (χ4n) is 10.4. The highest BCUT2D eigenvalue weighted by Crippen LogP contribution is 2.34. The van der Waals surface area contributed by atoms with Crippen LogP contribution in [-0.4, -0.2) is 64.4 Å². The van der Waals surface area contributed by atoms with E-state index in [1.165, 1.54) is 0 Å². The predicted molar refractivity (Wildman–Crippen MR) is 333 cm³/mol. The Morgan fingerprint density at radius 1 is 0.390 bits per heavy atom. The van der Waals surface area contributed by atoms with Crippen molar-refractivity contribution in [3.8, 4) is 0 Å². The molecule has 0 radical (unpaired) electrons. The lowest BCUT2D eigenvalue weighted by Crippen LogP contribution is -2.82. The van der Waals surface area contributed by atoms with Gasteiger partial charge in [-0.15, -0.1) is 0 Å². The Bertz CT molecular complexity index is 2640. The molecule has 0 aromatic heterocycles. The highest BCUT2D eigenvalue weighted by Gasteiger charge is 2.62. The molecule has 0 N–H and O–H groups in total. The van der Waals surface area contributed by atoms with Crippen LogP contribution in [0.25, 0.3) is 0 Å². The van der Waals surface area contributed by atoms with E-state index < -0.39 is 51.8 Å². The van der Waals surface area contributed by atoms with E-state index in [4.69, 9.17) is 21.2 Å². The Labute approximate surface area is 463 Å². The molecule has 12 heteroatoms. The molecule has 6 nitrogen and oxygen atoms in total. The van der Waals surface area contributed by atoms with Gasteiger partial charge < -0.3 is 21.2 Å². The number of ether oxygens (including phenoxy) is 1. The Kier molecular flexibility index (Phi) is 18.4. The van der Waals surface area contributed by atoms with Gasteiger partial charge in [-0.05, 0) is 85.2 Å². The predicted octanol–water partition coefficient (Wildman–Crippen LogP) is 8.21. The highest BCUT2D eigenvalue weighted by atomic mass is 28.5. The van der Waals surface area contributed by atoms with E-state index in [1.54, 1.807) is 6.92 Å². The number of hydrogen-bond donors (Lipinski definition) is 0. The first-order valence-electron chi connectivity index (χ1n) is 26.7. The van der Waals surface area contributed by atoms with Crippen molar-refractivity contribution in [1.82, 2.24) is 0 Å². The molecular formula is C65H68O6Si6. The zero-order chi connectivity index (χ0) is 53.4. The average molecular weight is 1110 g/mol. The van der Waals surface area contributed by atoms with Crippen LogP contribution in [0.4, 0.5) is 0 Å². The second-order valence-corrected chi connectivity index (χ2v) is 39.9. The summed E-state index contributed by atoms with van der Waals surface area (Å²) in [5, 5.41) is 9.81. The Balaban J connectivity index is 1.38. The van der Waals surface area contributed by atoms with Gasteiger partial charge >= 0.3 is 14.8 Å². The van der Waals surface area contributed by atoms with E-state index in [0.29, 0.717) is 24.3 Å². The maximum atomic E-state index is 12.3. The standard InChI is InChI=1S/C65H68O6Si6/c1-55(2)65(66)67-51-32-52-72-68-73(3,4)53-54-74(69-75(56-33-14-5-15-34-56,57-35-16-6-17-36-57)58-37-18-7-19-38-58,70-76(59-39-20-8-21-40-59,60-41-22-9-23-42-60)61-43-24-10-25-44-61)71-77(62-45-26-11-27-46-62,63-47-28-12-29-48-63)64-49-30-13-31-50-64/h5-31,33-50H,1,32,51-54,72H2,2-4H3. The summed E-state index contributed by atoms with van der Waals surface area (Å²) in [6.45, 7) is 10.5. The van der Waals surface area contributed by atoms with Gasteiger partial charge in [0.05, 0.1) is 6.61 Å². The van der Waals surface area contributed by atoms with Crippen molar-refractivity contribution in [1.29, 1.82) is 0 Å². The van der Waals surface area contributed by atoms with Crippen LogP contribution in [0.2, 0.25) is 31.2 Å². The highest BCUT2D eigenvalue weighted by molar-refractivity contribution is 7.16. The third kappa shape index (κ3) is 12.5. The third-order valence-corrected chi connectivity index (χ3v) is 39.5. The molecule has 0 bridgehead atoms. The van der Waals surface area contributed by atoms with E-state index in [2.05, 4.69) is 293 Å². The van der Waals surface area contributed by atoms with Gasteiger partial charge in [0.15, 0.2) is 8.32 Å². The maximum absolute atomic E-state index is 12.3. The molecule has 0 fully saturated rings. The smallest absolute Gasteiger partial charge is 0.462 e. The summed E-state index contributed by atoms with van der Waals surface area (Å²) < 4.78 is 39.9. The topological polar surface area (TPSA) is 63.2 Å². The number of benzene rings is 9. The van der Waals surface area contributed by atoms with Crippen LogP contribution in [-0.2, 0) is 26.0 Å². The first kappa shape index (κ1) is 55.1. The van der Waals surface area contributed by atoms with Crippen molar-refractivity contribution < 1.29 is 26.0 Å². The van der Waals surface area contributed by atoms with Crippen molar-refractivity contribution in [2.45, 2.75) is 44.6 Å². The van der Waals surface area contributed by atoms with Crippen molar-refractivity contribution in [3.05, 3.63) is 285 Å². The largest absolute Gasteiger partial charge is 0.471 e. The van der Waals surface area contributed by atoms with Gasteiger partial charge in [0.25, 0.3) is 25.0 Å². The normalized spacial score (nSPS) is 12.4. The van der Waals surface area contributed by atoms with Crippen molar-refractivity contribution in [3.63, 3.8) is 0 Å². The van der Waals surface area contributed by atoms with Crippen LogP contribution in [0.5, 0.6) is 0 Å². The van der Waals surface area contributed by atoms with E-state index in [-0.39, 0.29) is 5.97 Å². The molecule has 9 rings (SSSR count). The number of carbonyl (C=O) groups excluding carboxylic acids is 1. The quantitative estimate of drug-likeness (QED) is 0.0189. The van der Waals surface area contributed by atoms with Crippen LogP contribution in [0.1, 0.15) is 13.3 Å². The molecule has 0 aliphatic carbocycles. The second-order valence-electron chi connectivity index (χ2n) is 20.1. The number of rotatable bonds is 25. The molecule has 9 aromatic rings. The lowest BCUT2D eigenvalue weighted by molar-refractivity contribution is -0.138. The molecule has 0 unspecified atom stereocenters. The average Bonchev–Trinajstić information content (AvgIpc) is 3.52. The molecule has 388 valence electrons. The molecule has 0 heterocycles. The summed E-state index contributed by atoms with van der Waals surface area (Å²) in [5.74, 6) is -0.355. The summed E-state index contributed by atoms with van der Waals surface area (Å²) in [4.78, 5) is 12.3. The van der Waals surface area contributed by atoms with Crippen molar-refractivity contribution in [2.75, 3.05) is 6.61 Å². The molecule has 0 saturated heterocycles. The number of carbonyl (C=O) groups is 1. The summed E-state index contributed by atoms with van der Waals surface area (Å²) in [6, 6.07) is 99.8. The van der Waals surface area contributed by atoms with E-state index >= 15 is 0 Å². The third-order valence-electron chi connectivity index (χ3n) is 14.2. The van der Waals surface area contributed by atoms with E-state index in [0.717, 1.165) is 59.1 Å². The maximum Gasteiger partial charge on any atom is 0.471 e. The lowest BCUT2D eigenvalue weighted by Gasteiger charge is -2.50. The summed E-state index contributed by atoms with van der Waals surface area (Å²) in [6.07, 6.45) is 0.738. The van der Waals surface area contributed by atoms with Crippen LogP contribution in [0, 0.1) is 0 Å². The SMILES string of the molecule is C=C(C)C(=O)OCCC[SiH2]O[Si](C)(C)CC[Si](O[Si](c1ccccc1)(c1ccccc1)c1ccccc1)(O[Si](c1ccccc1)(c1ccccc1)c1ccccc1)O[Si](c1ccccc1)(c1ccccc1)c1ccccc1. The van der Waals surface area contributed by atoms with Crippen LogP contribution in [0.3, 0.4) is 0 Å². The van der Waals surface area contributed by atoms with Gasteiger partial charge in [0.2, 0.25) is 0 Å². The fraction of sp³-hybridized carbons (Fsp3) is 0.123. The molecule has 77 heavy (non-hydrogen) atoms. The van der Waals surface area contributed by atoms with Crippen molar-refractivity contribution in [2.24, 2.45) is 0 Å². The van der Waals surface area contributed by atoms with Crippen LogP contribution in [0.15, 0.2) is 285 Å². The fourth-order valence-corrected chi connectivity index (χ4v) is 39.4. The molecule has 9 aromatic carbocycles. The summed E-state index contributed by atoms with van der Waals surface area (Å²) in [5.41, 5.74) is 0.406. The monoisotopic (exact) mass is 1110 g/mol. The van der Waals surface area contributed by atoms with E-state index in [9.17, 15) is 4.79 Å². The molecule has 0 aliphatic rings. The second kappa shape index (κ2) is 25.7. The molecule has 0 amide bonds. The van der Waals surface area contributed by atoms with Gasteiger partial charge in [-0.2, -0.15) is 0 Å².